The highest BCUT2D eigenvalue weighted by Gasteiger charge is 2.29. The molecule has 1 aliphatic carbocycles. The van der Waals surface area contributed by atoms with Crippen LogP contribution in [0, 0.1) is 6.92 Å². The fourth-order valence-electron chi connectivity index (χ4n) is 2.16. The van der Waals surface area contributed by atoms with Crippen molar-refractivity contribution in [2.75, 3.05) is 19.8 Å². The first-order valence-electron chi connectivity index (χ1n) is 5.72. The van der Waals surface area contributed by atoms with Gasteiger partial charge in [-0.15, -0.1) is 0 Å². The van der Waals surface area contributed by atoms with Crippen LogP contribution < -0.4 is 5.32 Å². The molecule has 2 heterocycles. The van der Waals surface area contributed by atoms with Crippen LogP contribution in [-0.2, 0) is 4.74 Å². The van der Waals surface area contributed by atoms with Crippen LogP contribution in [0.2, 0.25) is 0 Å². The van der Waals surface area contributed by atoms with E-state index in [9.17, 15) is 0 Å². The number of H-pyrrole nitrogens is 1. The highest BCUT2D eigenvalue weighted by molar-refractivity contribution is 5.23. The van der Waals surface area contributed by atoms with Crippen molar-refractivity contribution in [3.63, 3.8) is 0 Å². The Hall–Kier alpha value is -0.870. The molecule has 0 bridgehead atoms. The molecular formula is C11H17N3O. The molecule has 0 aromatic carbocycles. The van der Waals surface area contributed by atoms with Gasteiger partial charge in [0.05, 0.1) is 24.9 Å². The second kappa shape index (κ2) is 3.61. The Morgan fingerprint density at radius 2 is 2.27 bits per heavy atom. The number of ether oxygens (including phenoxy) is 1. The number of morpholine rings is 1. The minimum absolute atomic E-state index is 0.255. The van der Waals surface area contributed by atoms with Gasteiger partial charge >= 0.3 is 0 Å². The summed E-state index contributed by atoms with van der Waals surface area (Å²) < 4.78 is 5.44. The van der Waals surface area contributed by atoms with Crippen LogP contribution in [0.1, 0.15) is 42.0 Å². The van der Waals surface area contributed by atoms with E-state index in [-0.39, 0.29) is 6.04 Å². The Labute approximate surface area is 89.4 Å². The fourth-order valence-corrected chi connectivity index (χ4v) is 2.16. The summed E-state index contributed by atoms with van der Waals surface area (Å²) in [6.45, 7) is 4.58. The monoisotopic (exact) mass is 207 g/mol. The molecule has 2 fully saturated rings. The highest BCUT2D eigenvalue weighted by Crippen LogP contribution is 2.40. The third kappa shape index (κ3) is 1.79. The maximum Gasteiger partial charge on any atom is 0.126 e. The Morgan fingerprint density at radius 3 is 2.93 bits per heavy atom. The molecule has 1 aromatic heterocycles. The van der Waals surface area contributed by atoms with Gasteiger partial charge in [0.15, 0.2) is 0 Å². The molecule has 1 aromatic rings. The molecule has 15 heavy (non-hydrogen) atoms. The van der Waals surface area contributed by atoms with Crippen LogP contribution in [0.15, 0.2) is 0 Å². The van der Waals surface area contributed by atoms with Gasteiger partial charge in [0.2, 0.25) is 0 Å². The van der Waals surface area contributed by atoms with Crippen molar-refractivity contribution in [1.29, 1.82) is 0 Å². The summed E-state index contributed by atoms with van der Waals surface area (Å²) in [5.41, 5.74) is 2.51. The van der Waals surface area contributed by atoms with Gasteiger partial charge < -0.3 is 15.0 Å². The molecule has 82 valence electrons. The zero-order chi connectivity index (χ0) is 10.3. The van der Waals surface area contributed by atoms with E-state index >= 15 is 0 Å². The smallest absolute Gasteiger partial charge is 0.126 e. The lowest BCUT2D eigenvalue weighted by atomic mass is 10.2. The molecule has 1 aliphatic heterocycles. The molecule has 1 atom stereocenters. The molecule has 3 rings (SSSR count). The lowest BCUT2D eigenvalue weighted by Gasteiger charge is -2.21. The minimum Gasteiger partial charge on any atom is -0.378 e. The normalized spacial score (nSPS) is 26.9. The summed E-state index contributed by atoms with van der Waals surface area (Å²) in [6, 6.07) is 0.255. The van der Waals surface area contributed by atoms with E-state index in [1.165, 1.54) is 24.2 Å². The van der Waals surface area contributed by atoms with E-state index in [1.54, 1.807) is 0 Å². The average molecular weight is 207 g/mol. The number of hydrogen-bond donors (Lipinski definition) is 2. The first kappa shape index (κ1) is 9.36. The van der Waals surface area contributed by atoms with Crippen LogP contribution >= 0.6 is 0 Å². The predicted molar refractivity (Wildman–Crippen MR) is 56.9 cm³/mol. The molecule has 4 heteroatoms. The van der Waals surface area contributed by atoms with Crippen LogP contribution in [0.5, 0.6) is 0 Å². The van der Waals surface area contributed by atoms with Crippen molar-refractivity contribution in [1.82, 2.24) is 15.3 Å². The second-order valence-electron chi connectivity index (χ2n) is 4.49. The number of rotatable bonds is 2. The van der Waals surface area contributed by atoms with Crippen molar-refractivity contribution in [2.45, 2.75) is 31.7 Å². The summed E-state index contributed by atoms with van der Waals surface area (Å²) in [5.74, 6) is 1.77. The summed E-state index contributed by atoms with van der Waals surface area (Å²) >= 11 is 0. The van der Waals surface area contributed by atoms with Gasteiger partial charge in [0, 0.05) is 18.2 Å². The van der Waals surface area contributed by atoms with E-state index in [0.29, 0.717) is 0 Å². The predicted octanol–water partition coefficient (Wildman–Crippen LogP) is 1.26. The van der Waals surface area contributed by atoms with Crippen LogP contribution in [-0.4, -0.2) is 29.7 Å². The SMILES string of the molecule is Cc1[nH]c(C2COCCN2)nc1C1CC1. The van der Waals surface area contributed by atoms with E-state index < -0.39 is 0 Å². The van der Waals surface area contributed by atoms with Crippen LogP contribution in [0.3, 0.4) is 0 Å². The van der Waals surface area contributed by atoms with E-state index in [1.807, 2.05) is 0 Å². The lowest BCUT2D eigenvalue weighted by molar-refractivity contribution is 0.0744. The van der Waals surface area contributed by atoms with Crippen LogP contribution in [0.4, 0.5) is 0 Å². The summed E-state index contributed by atoms with van der Waals surface area (Å²) in [5, 5.41) is 3.42. The number of aromatic nitrogens is 2. The maximum atomic E-state index is 5.44. The fraction of sp³-hybridized carbons (Fsp3) is 0.727. The summed E-state index contributed by atoms with van der Waals surface area (Å²) in [6.07, 6.45) is 2.61. The number of nitrogens with one attached hydrogen (secondary N) is 2. The van der Waals surface area contributed by atoms with Gasteiger partial charge in [-0.25, -0.2) is 4.98 Å². The average Bonchev–Trinajstić information content (AvgIpc) is 3.04. The number of nitrogens with zero attached hydrogens (tertiary/aromatic N) is 1. The Kier molecular flexibility index (Phi) is 2.25. The number of hydrogen-bond acceptors (Lipinski definition) is 3. The van der Waals surface area contributed by atoms with Gasteiger partial charge in [0.1, 0.15) is 5.82 Å². The molecule has 2 N–H and O–H groups in total. The van der Waals surface area contributed by atoms with E-state index in [4.69, 9.17) is 9.72 Å². The summed E-state index contributed by atoms with van der Waals surface area (Å²) in [4.78, 5) is 8.08. The number of imidazole rings is 1. The standard InChI is InChI=1S/C11H17N3O/c1-7-10(8-2-3-8)14-11(13-7)9-6-15-5-4-12-9/h8-9,12H,2-6H2,1H3,(H,13,14). The topological polar surface area (TPSA) is 49.9 Å². The quantitative estimate of drug-likeness (QED) is 0.767. The maximum absolute atomic E-state index is 5.44. The highest BCUT2D eigenvalue weighted by atomic mass is 16.5. The van der Waals surface area contributed by atoms with Crippen molar-refractivity contribution in [3.05, 3.63) is 17.2 Å². The molecular weight excluding hydrogens is 190 g/mol. The number of aryl methyl sites for hydroxylation is 1. The minimum atomic E-state index is 0.255. The van der Waals surface area contributed by atoms with Crippen LogP contribution in [0.25, 0.3) is 0 Å². The Bertz CT molecular complexity index is 351. The largest absolute Gasteiger partial charge is 0.378 e. The molecule has 1 unspecified atom stereocenters. The molecule has 1 saturated heterocycles. The molecule has 0 spiro atoms. The Balaban J connectivity index is 1.81. The zero-order valence-corrected chi connectivity index (χ0v) is 9.05. The molecule has 1 saturated carbocycles. The van der Waals surface area contributed by atoms with Crippen molar-refractivity contribution >= 4 is 0 Å². The van der Waals surface area contributed by atoms with E-state index in [0.717, 1.165) is 31.5 Å². The number of aromatic amines is 1. The second-order valence-corrected chi connectivity index (χ2v) is 4.49. The van der Waals surface area contributed by atoms with Gasteiger partial charge in [-0.2, -0.15) is 0 Å². The van der Waals surface area contributed by atoms with Crippen molar-refractivity contribution in [2.24, 2.45) is 0 Å². The Morgan fingerprint density at radius 1 is 1.40 bits per heavy atom. The van der Waals surface area contributed by atoms with Crippen molar-refractivity contribution < 1.29 is 4.74 Å². The molecule has 2 aliphatic rings. The van der Waals surface area contributed by atoms with Crippen molar-refractivity contribution in [3.8, 4) is 0 Å². The first-order valence-corrected chi connectivity index (χ1v) is 5.72. The first-order chi connectivity index (χ1) is 7.34. The van der Waals surface area contributed by atoms with Gasteiger partial charge in [-0.05, 0) is 19.8 Å². The van der Waals surface area contributed by atoms with E-state index in [2.05, 4.69) is 17.2 Å². The van der Waals surface area contributed by atoms with Gasteiger partial charge in [0.25, 0.3) is 0 Å². The lowest BCUT2D eigenvalue weighted by Crippen LogP contribution is -2.35. The molecule has 4 nitrogen and oxygen atoms in total. The van der Waals surface area contributed by atoms with Gasteiger partial charge in [-0.3, -0.25) is 0 Å². The molecule has 0 amide bonds. The van der Waals surface area contributed by atoms with Gasteiger partial charge in [-0.1, -0.05) is 0 Å². The zero-order valence-electron chi connectivity index (χ0n) is 9.05. The third-order valence-corrected chi connectivity index (χ3v) is 3.16. The third-order valence-electron chi connectivity index (χ3n) is 3.16. The summed E-state index contributed by atoms with van der Waals surface area (Å²) in [7, 11) is 0. The molecule has 0 radical (unpaired) electrons.